The molecule has 4 rings (SSSR count). The van der Waals surface area contributed by atoms with Crippen LogP contribution in [0, 0.1) is 6.92 Å². The van der Waals surface area contributed by atoms with Gasteiger partial charge < -0.3 is 19.0 Å². The molecule has 1 fully saturated rings. The lowest BCUT2D eigenvalue weighted by atomic mass is 10.1. The number of benzene rings is 1. The Bertz CT molecular complexity index is 966. The Morgan fingerprint density at radius 2 is 2.08 bits per heavy atom. The number of fused-ring (bicyclic) bond motifs is 1. The number of carbonyl (C=O) groups is 1. The second-order valence-electron chi connectivity index (χ2n) is 5.95. The number of carbonyl (C=O) groups excluding carboxylic acids is 1. The second-order valence-corrected chi connectivity index (χ2v) is 5.95. The van der Waals surface area contributed by atoms with E-state index < -0.39 is 5.63 Å². The van der Waals surface area contributed by atoms with Gasteiger partial charge in [-0.15, -0.1) is 0 Å². The number of rotatable bonds is 3. The van der Waals surface area contributed by atoms with Crippen LogP contribution in [-0.2, 0) is 0 Å². The lowest BCUT2D eigenvalue weighted by molar-refractivity contribution is 0.0175. The second kappa shape index (κ2) is 5.56. The Balaban J connectivity index is 1.41. The van der Waals surface area contributed by atoms with E-state index >= 15 is 0 Å². The van der Waals surface area contributed by atoms with Crippen LogP contribution in [0.2, 0.25) is 0 Å². The maximum atomic E-state index is 12.5. The summed E-state index contributed by atoms with van der Waals surface area (Å²) in [6, 6.07) is 10.6. The van der Waals surface area contributed by atoms with Gasteiger partial charge in [-0.1, -0.05) is 6.07 Å². The van der Waals surface area contributed by atoms with Gasteiger partial charge in [0.2, 0.25) is 0 Å². The largest absolute Gasteiger partial charge is 0.486 e. The Morgan fingerprint density at radius 3 is 2.88 bits per heavy atom. The van der Waals surface area contributed by atoms with E-state index in [0.717, 1.165) is 10.9 Å². The average Bonchev–Trinajstić information content (AvgIpc) is 2.96. The highest BCUT2D eigenvalue weighted by molar-refractivity contribution is 5.98. The summed E-state index contributed by atoms with van der Waals surface area (Å²) in [6.07, 6.45) is 1.74. The van der Waals surface area contributed by atoms with Crippen LogP contribution in [0.4, 0.5) is 0 Å². The van der Waals surface area contributed by atoms with Crippen molar-refractivity contribution in [1.82, 2.24) is 9.88 Å². The summed E-state index contributed by atoms with van der Waals surface area (Å²) in [5.74, 6) is 0.966. The zero-order valence-electron chi connectivity index (χ0n) is 13.1. The Labute approximate surface area is 137 Å². The minimum atomic E-state index is -0.434. The predicted molar refractivity (Wildman–Crippen MR) is 88.3 cm³/mol. The van der Waals surface area contributed by atoms with Crippen LogP contribution in [0.25, 0.3) is 10.9 Å². The van der Waals surface area contributed by atoms with Crippen molar-refractivity contribution in [1.29, 1.82) is 0 Å². The van der Waals surface area contributed by atoms with Gasteiger partial charge in [0.05, 0.1) is 19.2 Å². The number of hydrogen-bond acceptors (Lipinski definition) is 4. The maximum Gasteiger partial charge on any atom is 0.339 e. The highest BCUT2D eigenvalue weighted by Gasteiger charge is 2.33. The van der Waals surface area contributed by atoms with Gasteiger partial charge in [-0.3, -0.25) is 4.79 Å². The third-order valence-corrected chi connectivity index (χ3v) is 4.11. The van der Waals surface area contributed by atoms with Crippen molar-refractivity contribution in [2.24, 2.45) is 0 Å². The number of hydrogen-bond donors (Lipinski definition) is 1. The van der Waals surface area contributed by atoms with Gasteiger partial charge in [0.1, 0.15) is 17.6 Å². The Morgan fingerprint density at radius 1 is 1.25 bits per heavy atom. The molecule has 1 saturated heterocycles. The molecule has 0 atom stereocenters. The molecule has 3 heterocycles. The van der Waals surface area contributed by atoms with Gasteiger partial charge >= 0.3 is 5.63 Å². The topological polar surface area (TPSA) is 75.5 Å². The lowest BCUT2D eigenvalue weighted by Gasteiger charge is -2.39. The first-order valence-electron chi connectivity index (χ1n) is 7.73. The molecule has 1 aliphatic rings. The van der Waals surface area contributed by atoms with Gasteiger partial charge in [0.25, 0.3) is 5.91 Å². The molecular formula is C18H16N2O4. The minimum absolute atomic E-state index is 0.0184. The van der Waals surface area contributed by atoms with E-state index in [9.17, 15) is 9.59 Å². The molecule has 0 unspecified atom stereocenters. The zero-order chi connectivity index (χ0) is 16.7. The number of amides is 1. The van der Waals surface area contributed by atoms with E-state index in [2.05, 4.69) is 4.98 Å². The summed E-state index contributed by atoms with van der Waals surface area (Å²) in [5, 5.41) is 1.08. The molecule has 1 N–H and O–H groups in total. The van der Waals surface area contributed by atoms with E-state index in [1.807, 2.05) is 30.5 Å². The smallest absolute Gasteiger partial charge is 0.339 e. The molecule has 1 aliphatic heterocycles. The number of nitrogens with one attached hydrogen (secondary N) is 1. The molecule has 3 aromatic rings. The van der Waals surface area contributed by atoms with E-state index in [-0.39, 0.29) is 12.0 Å². The number of H-pyrrole nitrogens is 1. The van der Waals surface area contributed by atoms with Gasteiger partial charge in [0.15, 0.2) is 0 Å². The van der Waals surface area contributed by atoms with Crippen molar-refractivity contribution < 1.29 is 13.9 Å². The number of aromatic nitrogens is 1. The molecule has 0 aliphatic carbocycles. The molecule has 0 saturated carbocycles. The molecule has 122 valence electrons. The van der Waals surface area contributed by atoms with Crippen molar-refractivity contribution in [2.45, 2.75) is 13.0 Å². The molecule has 1 amide bonds. The molecule has 0 spiro atoms. The zero-order valence-corrected chi connectivity index (χ0v) is 13.1. The van der Waals surface area contributed by atoms with Crippen LogP contribution in [0.1, 0.15) is 16.1 Å². The van der Waals surface area contributed by atoms with Crippen molar-refractivity contribution in [3.8, 4) is 5.75 Å². The molecule has 6 nitrogen and oxygen atoms in total. The first-order chi connectivity index (χ1) is 11.6. The first-order valence-corrected chi connectivity index (χ1v) is 7.73. The molecular weight excluding hydrogens is 308 g/mol. The van der Waals surface area contributed by atoms with Crippen LogP contribution in [0.15, 0.2) is 51.8 Å². The fourth-order valence-corrected chi connectivity index (χ4v) is 2.88. The summed E-state index contributed by atoms with van der Waals surface area (Å²) >= 11 is 0. The van der Waals surface area contributed by atoms with E-state index in [1.165, 1.54) is 6.07 Å². The van der Waals surface area contributed by atoms with Crippen molar-refractivity contribution >= 4 is 16.8 Å². The normalized spacial score (nSPS) is 14.6. The van der Waals surface area contributed by atoms with Crippen LogP contribution >= 0.6 is 0 Å². The number of nitrogens with zero attached hydrogens (tertiary/aromatic N) is 1. The molecule has 0 radical (unpaired) electrons. The minimum Gasteiger partial charge on any atom is -0.486 e. The third kappa shape index (κ3) is 2.67. The van der Waals surface area contributed by atoms with Crippen LogP contribution < -0.4 is 10.4 Å². The highest BCUT2D eigenvalue weighted by Crippen LogP contribution is 2.21. The number of aryl methyl sites for hydroxylation is 1. The van der Waals surface area contributed by atoms with Crippen molar-refractivity contribution in [3.05, 3.63) is 64.3 Å². The van der Waals surface area contributed by atoms with Crippen LogP contribution in [0.3, 0.4) is 0 Å². The molecule has 1 aromatic carbocycles. The van der Waals surface area contributed by atoms with Crippen molar-refractivity contribution in [2.75, 3.05) is 13.1 Å². The lowest BCUT2D eigenvalue weighted by Crippen LogP contribution is -2.56. The average molecular weight is 324 g/mol. The fraction of sp³-hybridized carbons (Fsp3) is 0.222. The predicted octanol–water partition coefficient (Wildman–Crippen LogP) is 2.33. The molecule has 2 aromatic heterocycles. The van der Waals surface area contributed by atoms with Gasteiger partial charge in [-0.05, 0) is 30.5 Å². The third-order valence-electron chi connectivity index (χ3n) is 4.11. The summed E-state index contributed by atoms with van der Waals surface area (Å²) in [7, 11) is 0. The summed E-state index contributed by atoms with van der Waals surface area (Å²) in [4.78, 5) is 28.7. The number of aromatic amines is 1. The highest BCUT2D eigenvalue weighted by atomic mass is 16.5. The van der Waals surface area contributed by atoms with Gasteiger partial charge in [-0.25, -0.2) is 4.79 Å². The quantitative estimate of drug-likeness (QED) is 0.802. The van der Waals surface area contributed by atoms with Gasteiger partial charge in [0, 0.05) is 23.3 Å². The first kappa shape index (κ1) is 14.6. The fourth-order valence-electron chi connectivity index (χ4n) is 2.88. The summed E-state index contributed by atoms with van der Waals surface area (Å²) in [6.45, 7) is 2.70. The standard InChI is InChI=1S/C18H16N2O4/c1-11-6-14(8-17(21)23-11)24-15-9-20(10-15)18(22)13-3-2-12-4-5-19-16(12)7-13/h2-8,15,19H,9-10H2,1H3. The molecule has 24 heavy (non-hydrogen) atoms. The molecule has 6 heteroatoms. The monoisotopic (exact) mass is 324 g/mol. The molecule has 0 bridgehead atoms. The number of ether oxygens (including phenoxy) is 1. The SMILES string of the molecule is Cc1cc(OC2CN(C(=O)c3ccc4cc[nH]c4c3)C2)cc(=O)o1. The van der Waals surface area contributed by atoms with E-state index in [0.29, 0.717) is 30.2 Å². The number of likely N-dealkylation sites (tertiary alicyclic amines) is 1. The van der Waals surface area contributed by atoms with Gasteiger partial charge in [-0.2, -0.15) is 0 Å². The summed E-state index contributed by atoms with van der Waals surface area (Å²) < 4.78 is 10.6. The van der Waals surface area contributed by atoms with E-state index in [4.69, 9.17) is 9.15 Å². The van der Waals surface area contributed by atoms with Crippen LogP contribution in [0.5, 0.6) is 5.75 Å². The Kier molecular flexibility index (Phi) is 3.37. The Hall–Kier alpha value is -3.02. The van der Waals surface area contributed by atoms with Crippen LogP contribution in [-0.4, -0.2) is 35.0 Å². The van der Waals surface area contributed by atoms with E-state index in [1.54, 1.807) is 17.9 Å². The van der Waals surface area contributed by atoms with Crippen molar-refractivity contribution in [3.63, 3.8) is 0 Å². The maximum absolute atomic E-state index is 12.5. The summed E-state index contributed by atoms with van der Waals surface area (Å²) in [5.41, 5.74) is 1.16.